The standard InChI is InChI=1S/C15H16N2O3/c18-14-10-6-17-7-12(9-4-2-1-3-5-9)20-8-11(17)13(10)15(19)16-14/h1-5,10-13H,6-8H2,(H,16,18,19)/t10-,11-,12+,13-/m1/s1. The molecule has 104 valence electrons. The first-order chi connectivity index (χ1) is 9.74. The molecule has 4 rings (SSSR count). The van der Waals surface area contributed by atoms with E-state index in [1.54, 1.807) is 0 Å². The van der Waals surface area contributed by atoms with Crippen LogP contribution in [0.25, 0.3) is 0 Å². The van der Waals surface area contributed by atoms with Crippen LogP contribution in [0.4, 0.5) is 0 Å². The fourth-order valence-electron chi connectivity index (χ4n) is 3.67. The summed E-state index contributed by atoms with van der Waals surface area (Å²) in [4.78, 5) is 25.9. The molecule has 3 heterocycles. The van der Waals surface area contributed by atoms with Gasteiger partial charge in [0.25, 0.3) is 0 Å². The number of hydrogen-bond donors (Lipinski definition) is 1. The summed E-state index contributed by atoms with van der Waals surface area (Å²) in [5.41, 5.74) is 1.15. The average Bonchev–Trinajstić information content (AvgIpc) is 2.98. The van der Waals surface area contributed by atoms with Crippen LogP contribution in [0.1, 0.15) is 11.7 Å². The number of amides is 2. The predicted molar refractivity (Wildman–Crippen MR) is 70.6 cm³/mol. The quantitative estimate of drug-likeness (QED) is 0.749. The van der Waals surface area contributed by atoms with E-state index in [9.17, 15) is 9.59 Å². The molecule has 1 aromatic carbocycles. The molecular weight excluding hydrogens is 256 g/mol. The Hall–Kier alpha value is -1.72. The summed E-state index contributed by atoms with van der Waals surface area (Å²) in [7, 11) is 0. The molecule has 0 bridgehead atoms. The topological polar surface area (TPSA) is 58.6 Å². The number of rotatable bonds is 1. The molecule has 1 aromatic rings. The van der Waals surface area contributed by atoms with E-state index < -0.39 is 0 Å². The van der Waals surface area contributed by atoms with Gasteiger partial charge in [-0.05, 0) is 5.56 Å². The van der Waals surface area contributed by atoms with Gasteiger partial charge in [0.15, 0.2) is 0 Å². The molecule has 0 saturated carbocycles. The van der Waals surface area contributed by atoms with Gasteiger partial charge in [-0.3, -0.25) is 19.8 Å². The second-order valence-electron chi connectivity index (χ2n) is 5.74. The van der Waals surface area contributed by atoms with Crippen molar-refractivity contribution in [3.63, 3.8) is 0 Å². The monoisotopic (exact) mass is 272 g/mol. The summed E-state index contributed by atoms with van der Waals surface area (Å²) < 4.78 is 5.94. The van der Waals surface area contributed by atoms with Crippen molar-refractivity contribution in [3.05, 3.63) is 35.9 Å². The molecular formula is C15H16N2O3. The first kappa shape index (κ1) is 12.1. The van der Waals surface area contributed by atoms with Crippen LogP contribution in [-0.4, -0.2) is 42.5 Å². The molecule has 0 aromatic heterocycles. The maximum atomic E-state index is 11.9. The van der Waals surface area contributed by atoms with Gasteiger partial charge in [-0.1, -0.05) is 30.3 Å². The van der Waals surface area contributed by atoms with Crippen LogP contribution in [0.3, 0.4) is 0 Å². The molecule has 3 saturated heterocycles. The highest BCUT2D eigenvalue weighted by Crippen LogP contribution is 2.39. The summed E-state index contributed by atoms with van der Waals surface area (Å²) in [5, 5.41) is 2.43. The lowest BCUT2D eigenvalue weighted by Crippen LogP contribution is -2.47. The van der Waals surface area contributed by atoms with Crippen LogP contribution in [-0.2, 0) is 14.3 Å². The van der Waals surface area contributed by atoms with Crippen LogP contribution >= 0.6 is 0 Å². The average molecular weight is 272 g/mol. The Bertz CT molecular complexity index is 559. The Balaban J connectivity index is 1.55. The zero-order chi connectivity index (χ0) is 13.7. The van der Waals surface area contributed by atoms with Gasteiger partial charge >= 0.3 is 0 Å². The second kappa shape index (κ2) is 4.40. The molecule has 0 aliphatic carbocycles. The van der Waals surface area contributed by atoms with Crippen LogP contribution in [0.5, 0.6) is 0 Å². The van der Waals surface area contributed by atoms with Crippen LogP contribution in [0.2, 0.25) is 0 Å². The molecule has 3 aliphatic heterocycles. The third kappa shape index (κ3) is 1.70. The van der Waals surface area contributed by atoms with Crippen LogP contribution in [0, 0.1) is 11.8 Å². The lowest BCUT2D eigenvalue weighted by molar-refractivity contribution is -0.129. The molecule has 0 spiro atoms. The highest BCUT2D eigenvalue weighted by molar-refractivity contribution is 6.06. The van der Waals surface area contributed by atoms with E-state index in [0.717, 1.165) is 12.1 Å². The van der Waals surface area contributed by atoms with E-state index in [4.69, 9.17) is 4.74 Å². The number of hydrogen-bond acceptors (Lipinski definition) is 4. The minimum atomic E-state index is -0.223. The zero-order valence-electron chi connectivity index (χ0n) is 11.0. The minimum Gasteiger partial charge on any atom is -0.371 e. The van der Waals surface area contributed by atoms with Crippen molar-refractivity contribution in [2.75, 3.05) is 19.7 Å². The van der Waals surface area contributed by atoms with Crippen LogP contribution < -0.4 is 5.32 Å². The van der Waals surface area contributed by atoms with Crippen molar-refractivity contribution in [3.8, 4) is 0 Å². The largest absolute Gasteiger partial charge is 0.371 e. The third-order valence-electron chi connectivity index (χ3n) is 4.67. The Morgan fingerprint density at radius 1 is 1.10 bits per heavy atom. The Kier molecular flexibility index (Phi) is 2.65. The molecule has 4 atom stereocenters. The van der Waals surface area contributed by atoms with E-state index >= 15 is 0 Å². The number of imide groups is 1. The van der Waals surface area contributed by atoms with E-state index in [2.05, 4.69) is 22.3 Å². The molecule has 2 amide bonds. The van der Waals surface area contributed by atoms with Gasteiger partial charge < -0.3 is 4.74 Å². The fourth-order valence-corrected chi connectivity index (χ4v) is 3.67. The number of nitrogens with zero attached hydrogens (tertiary/aromatic N) is 1. The number of ether oxygens (including phenoxy) is 1. The maximum absolute atomic E-state index is 11.9. The number of carbonyl (C=O) groups is 2. The van der Waals surface area contributed by atoms with Gasteiger partial charge in [-0.2, -0.15) is 0 Å². The smallest absolute Gasteiger partial charge is 0.232 e. The number of benzene rings is 1. The molecule has 0 unspecified atom stereocenters. The van der Waals surface area contributed by atoms with Crippen molar-refractivity contribution in [2.24, 2.45) is 11.8 Å². The minimum absolute atomic E-state index is 0.0319. The molecule has 5 nitrogen and oxygen atoms in total. The lowest BCUT2D eigenvalue weighted by Gasteiger charge is -2.36. The molecule has 0 radical (unpaired) electrons. The fraction of sp³-hybridized carbons (Fsp3) is 0.467. The number of nitrogens with one attached hydrogen (secondary N) is 1. The second-order valence-corrected chi connectivity index (χ2v) is 5.74. The third-order valence-corrected chi connectivity index (χ3v) is 4.67. The van der Waals surface area contributed by atoms with Gasteiger partial charge in [0, 0.05) is 19.1 Å². The molecule has 1 N–H and O–H groups in total. The van der Waals surface area contributed by atoms with Gasteiger partial charge in [-0.15, -0.1) is 0 Å². The van der Waals surface area contributed by atoms with Gasteiger partial charge in [0.05, 0.1) is 24.5 Å². The summed E-state index contributed by atoms with van der Waals surface area (Å²) in [5.74, 6) is -0.662. The number of morpholine rings is 1. The normalized spacial score (nSPS) is 36.6. The Labute approximate surface area is 116 Å². The molecule has 3 aliphatic rings. The van der Waals surface area contributed by atoms with Crippen molar-refractivity contribution in [1.29, 1.82) is 0 Å². The van der Waals surface area contributed by atoms with Gasteiger partial charge in [0.1, 0.15) is 0 Å². The Morgan fingerprint density at radius 3 is 2.70 bits per heavy atom. The SMILES string of the molecule is O=C1NC(=O)[C@@H]2CN3C[C@@H](c4ccccc4)OC[C@@H]3[C@H]12. The van der Waals surface area contributed by atoms with Crippen LogP contribution in [0.15, 0.2) is 30.3 Å². The first-order valence-electron chi connectivity index (χ1n) is 6.99. The zero-order valence-corrected chi connectivity index (χ0v) is 11.0. The van der Waals surface area contributed by atoms with Gasteiger partial charge in [0.2, 0.25) is 11.8 Å². The molecule has 20 heavy (non-hydrogen) atoms. The van der Waals surface area contributed by atoms with Crippen molar-refractivity contribution in [1.82, 2.24) is 10.2 Å². The highest BCUT2D eigenvalue weighted by Gasteiger charge is 2.55. The van der Waals surface area contributed by atoms with Gasteiger partial charge in [-0.25, -0.2) is 0 Å². The number of carbonyl (C=O) groups excluding carboxylic acids is 2. The van der Waals surface area contributed by atoms with Crippen molar-refractivity contribution >= 4 is 11.8 Å². The molecule has 5 heteroatoms. The van der Waals surface area contributed by atoms with E-state index in [0.29, 0.717) is 13.2 Å². The van der Waals surface area contributed by atoms with E-state index in [-0.39, 0.29) is 35.8 Å². The maximum Gasteiger partial charge on any atom is 0.232 e. The predicted octanol–water partition coefficient (Wildman–Crippen LogP) is 0.331. The number of fused-ring (bicyclic) bond motifs is 3. The molecule has 3 fully saturated rings. The summed E-state index contributed by atoms with van der Waals surface area (Å²) in [6, 6.07) is 10.1. The highest BCUT2D eigenvalue weighted by atomic mass is 16.5. The lowest BCUT2D eigenvalue weighted by atomic mass is 9.93. The van der Waals surface area contributed by atoms with Crippen molar-refractivity contribution in [2.45, 2.75) is 12.1 Å². The van der Waals surface area contributed by atoms with Crippen molar-refractivity contribution < 1.29 is 14.3 Å². The summed E-state index contributed by atoms with van der Waals surface area (Å²) in [6.07, 6.45) is 0.0319. The summed E-state index contributed by atoms with van der Waals surface area (Å²) >= 11 is 0. The van der Waals surface area contributed by atoms with E-state index in [1.165, 1.54) is 0 Å². The van der Waals surface area contributed by atoms with E-state index in [1.807, 2.05) is 18.2 Å². The Morgan fingerprint density at radius 2 is 1.90 bits per heavy atom. The first-order valence-corrected chi connectivity index (χ1v) is 6.99. The summed E-state index contributed by atoms with van der Waals surface area (Å²) in [6.45, 7) is 1.93.